The van der Waals surface area contributed by atoms with Gasteiger partial charge in [-0.25, -0.2) is 4.79 Å². The number of nitrogens with two attached hydrogens (primary N) is 1. The Kier molecular flexibility index (Phi) is 3.76. The summed E-state index contributed by atoms with van der Waals surface area (Å²) >= 11 is 0. The molecule has 0 spiro atoms. The summed E-state index contributed by atoms with van der Waals surface area (Å²) in [4.78, 5) is 13.3. The van der Waals surface area contributed by atoms with E-state index in [0.29, 0.717) is 19.5 Å². The summed E-state index contributed by atoms with van der Waals surface area (Å²) in [7, 11) is 0. The number of amides is 1. The van der Waals surface area contributed by atoms with Crippen molar-refractivity contribution >= 4 is 6.09 Å². The fraction of sp³-hybridized carbons (Fsp3) is 0.818. The SMILES string of the molecule is CC(C)(C)OC(=O)N1CC[C@H](C#N)[C@H](N)C1. The van der Waals surface area contributed by atoms with Crippen LogP contribution in [0.4, 0.5) is 4.79 Å². The lowest BCUT2D eigenvalue weighted by Crippen LogP contribution is -2.51. The van der Waals surface area contributed by atoms with Crippen LogP contribution in [0.5, 0.6) is 0 Å². The second-order valence-electron chi connectivity index (χ2n) is 5.11. The number of likely N-dealkylation sites (tertiary alicyclic amines) is 1. The Morgan fingerprint density at radius 2 is 2.19 bits per heavy atom. The molecule has 1 saturated heterocycles. The van der Waals surface area contributed by atoms with Gasteiger partial charge in [-0.2, -0.15) is 5.26 Å². The molecule has 0 bridgehead atoms. The highest BCUT2D eigenvalue weighted by Crippen LogP contribution is 2.18. The minimum atomic E-state index is -0.493. The topological polar surface area (TPSA) is 79.3 Å². The molecule has 1 aliphatic rings. The van der Waals surface area contributed by atoms with Crippen molar-refractivity contribution in [3.05, 3.63) is 0 Å². The highest BCUT2D eigenvalue weighted by molar-refractivity contribution is 5.68. The van der Waals surface area contributed by atoms with Crippen LogP contribution in [0.1, 0.15) is 27.2 Å². The highest BCUT2D eigenvalue weighted by Gasteiger charge is 2.31. The number of carbonyl (C=O) groups is 1. The smallest absolute Gasteiger partial charge is 0.410 e. The molecule has 0 aromatic rings. The molecule has 1 amide bonds. The van der Waals surface area contributed by atoms with Gasteiger partial charge in [0.1, 0.15) is 5.60 Å². The monoisotopic (exact) mass is 225 g/mol. The van der Waals surface area contributed by atoms with Gasteiger partial charge in [-0.05, 0) is 27.2 Å². The van der Waals surface area contributed by atoms with Crippen LogP contribution in [0, 0.1) is 17.2 Å². The predicted molar refractivity (Wildman–Crippen MR) is 59.5 cm³/mol. The minimum absolute atomic E-state index is 0.154. The van der Waals surface area contributed by atoms with Gasteiger partial charge in [0.15, 0.2) is 0 Å². The maximum Gasteiger partial charge on any atom is 0.410 e. The molecular weight excluding hydrogens is 206 g/mol. The molecule has 16 heavy (non-hydrogen) atoms. The van der Waals surface area contributed by atoms with Crippen LogP contribution in [0.25, 0.3) is 0 Å². The third kappa shape index (κ3) is 3.38. The van der Waals surface area contributed by atoms with E-state index in [2.05, 4.69) is 6.07 Å². The second kappa shape index (κ2) is 4.71. The molecule has 0 aliphatic carbocycles. The largest absolute Gasteiger partial charge is 0.444 e. The predicted octanol–water partition coefficient (Wildman–Crippen LogP) is 1.09. The van der Waals surface area contributed by atoms with Crippen LogP contribution in [-0.4, -0.2) is 35.7 Å². The standard InChI is InChI=1S/C11H19N3O2/c1-11(2,3)16-10(15)14-5-4-8(6-12)9(13)7-14/h8-9H,4-5,7,13H2,1-3H3/t8-,9-/m1/s1. The average Bonchev–Trinajstić information content (AvgIpc) is 2.15. The Morgan fingerprint density at radius 3 is 2.62 bits per heavy atom. The van der Waals surface area contributed by atoms with Crippen molar-refractivity contribution in [1.29, 1.82) is 5.26 Å². The third-order valence-electron chi connectivity index (χ3n) is 2.48. The van der Waals surface area contributed by atoms with Gasteiger partial charge >= 0.3 is 6.09 Å². The van der Waals surface area contributed by atoms with E-state index < -0.39 is 5.60 Å². The first kappa shape index (κ1) is 12.8. The lowest BCUT2D eigenvalue weighted by atomic mass is 9.94. The summed E-state index contributed by atoms with van der Waals surface area (Å²) in [6, 6.07) is 1.89. The normalized spacial score (nSPS) is 26.1. The molecule has 0 aromatic heterocycles. The van der Waals surface area contributed by atoms with Crippen molar-refractivity contribution in [3.8, 4) is 6.07 Å². The molecule has 0 radical (unpaired) electrons. The Bertz CT molecular complexity index is 303. The van der Waals surface area contributed by atoms with Crippen LogP contribution in [0.3, 0.4) is 0 Å². The van der Waals surface area contributed by atoms with E-state index in [1.54, 1.807) is 4.90 Å². The van der Waals surface area contributed by atoms with Gasteiger partial charge < -0.3 is 15.4 Å². The fourth-order valence-electron chi connectivity index (χ4n) is 1.63. The maximum atomic E-state index is 11.7. The van der Waals surface area contributed by atoms with E-state index in [-0.39, 0.29) is 18.1 Å². The van der Waals surface area contributed by atoms with Crippen molar-refractivity contribution in [2.75, 3.05) is 13.1 Å². The van der Waals surface area contributed by atoms with Crippen LogP contribution in [0.2, 0.25) is 0 Å². The van der Waals surface area contributed by atoms with Crippen molar-refractivity contribution in [3.63, 3.8) is 0 Å². The highest BCUT2D eigenvalue weighted by atomic mass is 16.6. The van der Waals surface area contributed by atoms with Crippen molar-refractivity contribution in [2.24, 2.45) is 11.7 Å². The molecule has 2 atom stereocenters. The number of nitrogens with zero attached hydrogens (tertiary/aromatic N) is 2. The molecule has 5 heteroatoms. The van der Waals surface area contributed by atoms with Crippen LogP contribution in [-0.2, 0) is 4.74 Å². The van der Waals surface area contributed by atoms with Crippen LogP contribution in [0.15, 0.2) is 0 Å². The van der Waals surface area contributed by atoms with E-state index in [4.69, 9.17) is 15.7 Å². The second-order valence-corrected chi connectivity index (χ2v) is 5.11. The maximum absolute atomic E-state index is 11.7. The van der Waals surface area contributed by atoms with Crippen molar-refractivity contribution < 1.29 is 9.53 Å². The molecular formula is C11H19N3O2. The molecule has 0 aromatic carbocycles. The fourth-order valence-corrected chi connectivity index (χ4v) is 1.63. The zero-order chi connectivity index (χ0) is 12.3. The molecule has 1 rings (SSSR count). The number of piperidine rings is 1. The molecule has 0 saturated carbocycles. The summed E-state index contributed by atoms with van der Waals surface area (Å²) in [5, 5.41) is 8.81. The Labute approximate surface area is 96.2 Å². The molecule has 2 N–H and O–H groups in total. The zero-order valence-corrected chi connectivity index (χ0v) is 10.1. The van der Waals surface area contributed by atoms with E-state index in [1.165, 1.54) is 0 Å². The van der Waals surface area contributed by atoms with Crippen LogP contribution < -0.4 is 5.73 Å². The number of hydrogen-bond donors (Lipinski definition) is 1. The lowest BCUT2D eigenvalue weighted by molar-refractivity contribution is 0.0179. The summed E-state index contributed by atoms with van der Waals surface area (Å²) in [6.07, 6.45) is 0.274. The third-order valence-corrected chi connectivity index (χ3v) is 2.48. The molecule has 0 unspecified atom stereocenters. The summed E-state index contributed by atoms with van der Waals surface area (Å²) < 4.78 is 5.24. The molecule has 1 fully saturated rings. The molecule has 1 heterocycles. The average molecular weight is 225 g/mol. The first-order chi connectivity index (χ1) is 7.33. The zero-order valence-electron chi connectivity index (χ0n) is 10.1. The first-order valence-corrected chi connectivity index (χ1v) is 5.46. The number of carbonyl (C=O) groups excluding carboxylic acids is 1. The van der Waals surface area contributed by atoms with E-state index in [9.17, 15) is 4.79 Å². The van der Waals surface area contributed by atoms with Crippen LogP contribution >= 0.6 is 0 Å². The van der Waals surface area contributed by atoms with Gasteiger partial charge in [-0.15, -0.1) is 0 Å². The summed E-state index contributed by atoms with van der Waals surface area (Å²) in [5.74, 6) is -0.154. The van der Waals surface area contributed by atoms with E-state index >= 15 is 0 Å². The Hall–Kier alpha value is -1.28. The Balaban J connectivity index is 2.52. The van der Waals surface area contributed by atoms with E-state index in [0.717, 1.165) is 0 Å². The number of ether oxygens (including phenoxy) is 1. The summed E-state index contributed by atoms with van der Waals surface area (Å²) in [6.45, 7) is 6.42. The molecule has 1 aliphatic heterocycles. The van der Waals surface area contributed by atoms with Gasteiger partial charge in [0.05, 0.1) is 12.0 Å². The lowest BCUT2D eigenvalue weighted by Gasteiger charge is -2.34. The number of nitriles is 1. The van der Waals surface area contributed by atoms with Crippen molar-refractivity contribution in [1.82, 2.24) is 4.90 Å². The van der Waals surface area contributed by atoms with E-state index in [1.807, 2.05) is 20.8 Å². The minimum Gasteiger partial charge on any atom is -0.444 e. The summed E-state index contributed by atoms with van der Waals surface area (Å²) in [5.41, 5.74) is 5.32. The van der Waals surface area contributed by atoms with Gasteiger partial charge in [0.25, 0.3) is 0 Å². The van der Waals surface area contributed by atoms with Gasteiger partial charge in [0.2, 0.25) is 0 Å². The Morgan fingerprint density at radius 1 is 1.56 bits per heavy atom. The van der Waals surface area contributed by atoms with Gasteiger partial charge in [-0.3, -0.25) is 0 Å². The molecule has 90 valence electrons. The van der Waals surface area contributed by atoms with Crippen molar-refractivity contribution in [2.45, 2.75) is 38.8 Å². The number of hydrogen-bond acceptors (Lipinski definition) is 4. The first-order valence-electron chi connectivity index (χ1n) is 5.46. The van der Waals surface area contributed by atoms with Gasteiger partial charge in [-0.1, -0.05) is 0 Å². The molecule has 5 nitrogen and oxygen atoms in total. The van der Waals surface area contributed by atoms with Gasteiger partial charge in [0, 0.05) is 19.1 Å². The number of rotatable bonds is 0. The quantitative estimate of drug-likeness (QED) is 0.669.